The van der Waals surface area contributed by atoms with Crippen molar-refractivity contribution < 1.29 is 8.78 Å². The molecule has 0 unspecified atom stereocenters. The number of rotatable bonds is 5. The molecule has 0 radical (unpaired) electrons. The van der Waals surface area contributed by atoms with E-state index in [1.54, 1.807) is 24.7 Å². The molecule has 27 heavy (non-hydrogen) atoms. The molecule has 1 N–H and O–H groups in total. The number of aliphatic imine (C=N–C) groups is 1. The van der Waals surface area contributed by atoms with E-state index < -0.39 is 5.92 Å². The summed E-state index contributed by atoms with van der Waals surface area (Å²) in [6.07, 6.45) is 4.96. The number of fused-ring (bicyclic) bond motifs is 1. The number of nitrogens with zero attached hydrogens (tertiary/aromatic N) is 4. The molecule has 3 heterocycles. The van der Waals surface area contributed by atoms with Crippen LogP contribution in [0.3, 0.4) is 0 Å². The van der Waals surface area contributed by atoms with Crippen molar-refractivity contribution in [3.63, 3.8) is 0 Å². The van der Waals surface area contributed by atoms with Gasteiger partial charge in [0.2, 0.25) is 0 Å². The van der Waals surface area contributed by atoms with E-state index in [1.807, 2.05) is 11.8 Å². The topological polar surface area (TPSA) is 53.4 Å². The number of halogens is 2. The Morgan fingerprint density at radius 3 is 2.63 bits per heavy atom. The Balaban J connectivity index is 1.33. The van der Waals surface area contributed by atoms with Gasteiger partial charge in [0.25, 0.3) is 5.92 Å². The summed E-state index contributed by atoms with van der Waals surface area (Å²) >= 11 is 0. The van der Waals surface area contributed by atoms with Crippen molar-refractivity contribution in [2.75, 3.05) is 25.0 Å². The Kier molecular flexibility index (Phi) is 4.86. The summed E-state index contributed by atoms with van der Waals surface area (Å²) in [6.45, 7) is 3.54. The first-order chi connectivity index (χ1) is 13.0. The first-order valence-electron chi connectivity index (χ1n) is 9.29. The third kappa shape index (κ3) is 3.98. The van der Waals surface area contributed by atoms with Gasteiger partial charge >= 0.3 is 0 Å². The zero-order valence-electron chi connectivity index (χ0n) is 15.3. The van der Waals surface area contributed by atoms with E-state index in [0.29, 0.717) is 19.6 Å². The zero-order chi connectivity index (χ0) is 18.9. The number of nitrogens with one attached hydrogen (secondary N) is 1. The van der Waals surface area contributed by atoms with Crippen LogP contribution in [-0.4, -0.2) is 46.8 Å². The molecule has 0 atom stereocenters. The van der Waals surface area contributed by atoms with Crippen LogP contribution in [0.2, 0.25) is 0 Å². The fourth-order valence-corrected chi connectivity index (χ4v) is 3.63. The van der Waals surface area contributed by atoms with Crippen LogP contribution in [0.25, 0.3) is 0 Å². The van der Waals surface area contributed by atoms with E-state index in [2.05, 4.69) is 20.3 Å². The average Bonchev–Trinajstić information content (AvgIpc) is 3.13. The van der Waals surface area contributed by atoms with Crippen molar-refractivity contribution >= 4 is 12.0 Å². The molecule has 1 aromatic carbocycles. The van der Waals surface area contributed by atoms with Gasteiger partial charge in [0.05, 0.1) is 24.3 Å². The lowest BCUT2D eigenvalue weighted by atomic mass is 10.0. The summed E-state index contributed by atoms with van der Waals surface area (Å²) < 4.78 is 29.2. The van der Waals surface area contributed by atoms with Gasteiger partial charge in [0, 0.05) is 30.9 Å². The number of hydrogen-bond acceptors (Lipinski definition) is 5. The summed E-state index contributed by atoms with van der Waals surface area (Å²) in [6, 6.07) is 6.76. The van der Waals surface area contributed by atoms with Gasteiger partial charge in [-0.2, -0.15) is 8.78 Å². The Bertz CT molecular complexity index is 827. The highest BCUT2D eigenvalue weighted by Gasteiger charge is 2.35. The van der Waals surface area contributed by atoms with Crippen LogP contribution in [0.15, 0.2) is 35.6 Å². The summed E-state index contributed by atoms with van der Waals surface area (Å²) in [5, 5.41) is 3.45. The molecule has 0 aliphatic carbocycles. The minimum atomic E-state index is -2.84. The van der Waals surface area contributed by atoms with Crippen molar-refractivity contribution in [1.29, 1.82) is 0 Å². The lowest BCUT2D eigenvalue weighted by Gasteiger charge is -2.34. The van der Waals surface area contributed by atoms with Gasteiger partial charge in [-0.15, -0.1) is 0 Å². The van der Waals surface area contributed by atoms with Crippen LogP contribution in [-0.2, 0) is 12.5 Å². The first kappa shape index (κ1) is 18.0. The zero-order valence-corrected chi connectivity index (χ0v) is 15.3. The van der Waals surface area contributed by atoms with E-state index in [4.69, 9.17) is 0 Å². The molecule has 0 spiro atoms. The largest absolute Gasteiger partial charge is 0.367 e. The van der Waals surface area contributed by atoms with Gasteiger partial charge < -0.3 is 5.32 Å². The molecule has 0 amide bonds. The number of hydrogen-bond donors (Lipinski definition) is 1. The molecule has 4 rings (SSSR count). The maximum atomic E-state index is 14.6. The van der Waals surface area contributed by atoms with Crippen LogP contribution < -0.4 is 5.32 Å². The predicted molar refractivity (Wildman–Crippen MR) is 101 cm³/mol. The minimum Gasteiger partial charge on any atom is -0.367 e. The molecule has 2 aliphatic heterocycles. The Labute approximate surface area is 157 Å². The number of anilines is 1. The normalized spacial score (nSPS) is 17.9. The number of likely N-dealkylation sites (tertiary alicyclic amines) is 1. The molecular weight excluding hydrogens is 348 g/mol. The lowest BCUT2D eigenvalue weighted by molar-refractivity contribution is -0.0421. The van der Waals surface area contributed by atoms with Crippen molar-refractivity contribution in [3.8, 4) is 0 Å². The second kappa shape index (κ2) is 7.31. The number of aryl methyl sites for hydroxylation is 1. The average molecular weight is 371 g/mol. The molecular formula is C20H23F2N5. The minimum absolute atomic E-state index is 0.0872. The van der Waals surface area contributed by atoms with E-state index in [1.165, 1.54) is 12.1 Å². The van der Waals surface area contributed by atoms with E-state index in [9.17, 15) is 8.78 Å². The second-order valence-electron chi connectivity index (χ2n) is 7.32. The summed E-state index contributed by atoms with van der Waals surface area (Å²) in [5.74, 6) is -2.04. The fraction of sp³-hybridized carbons (Fsp3) is 0.450. The quantitative estimate of drug-likeness (QED) is 0.875. The van der Waals surface area contributed by atoms with E-state index >= 15 is 0 Å². The third-order valence-electron chi connectivity index (χ3n) is 5.25. The molecule has 142 valence electrons. The molecule has 1 saturated heterocycles. The number of alkyl halides is 2. The van der Waals surface area contributed by atoms with E-state index in [-0.39, 0.29) is 18.2 Å². The monoisotopic (exact) mass is 371 g/mol. The molecule has 2 aromatic rings. The molecule has 5 nitrogen and oxygen atoms in total. The van der Waals surface area contributed by atoms with Gasteiger partial charge in [0.15, 0.2) is 0 Å². The maximum Gasteiger partial charge on any atom is 0.285 e. The summed E-state index contributed by atoms with van der Waals surface area (Å²) in [7, 11) is 0. The highest BCUT2D eigenvalue weighted by molar-refractivity contribution is 5.89. The maximum absolute atomic E-state index is 14.6. The molecule has 0 saturated carbocycles. The van der Waals surface area contributed by atoms with Crippen LogP contribution in [0.4, 0.5) is 14.6 Å². The van der Waals surface area contributed by atoms with Crippen molar-refractivity contribution in [1.82, 2.24) is 14.9 Å². The van der Waals surface area contributed by atoms with Crippen molar-refractivity contribution in [2.45, 2.75) is 38.3 Å². The van der Waals surface area contributed by atoms with Gasteiger partial charge in [-0.1, -0.05) is 29.8 Å². The van der Waals surface area contributed by atoms with E-state index in [0.717, 1.165) is 35.5 Å². The fourth-order valence-electron chi connectivity index (χ4n) is 3.63. The second-order valence-corrected chi connectivity index (χ2v) is 7.32. The van der Waals surface area contributed by atoms with Gasteiger partial charge in [0.1, 0.15) is 12.1 Å². The van der Waals surface area contributed by atoms with Gasteiger partial charge in [-0.3, -0.25) is 9.89 Å². The van der Waals surface area contributed by atoms with Gasteiger partial charge in [-0.25, -0.2) is 9.97 Å². The smallest absolute Gasteiger partial charge is 0.285 e. The first-order valence-corrected chi connectivity index (χ1v) is 9.29. The van der Waals surface area contributed by atoms with Gasteiger partial charge in [-0.05, 0) is 19.8 Å². The number of piperidine rings is 1. The van der Waals surface area contributed by atoms with Crippen molar-refractivity contribution in [2.24, 2.45) is 4.99 Å². The highest BCUT2D eigenvalue weighted by atomic mass is 19.3. The van der Waals surface area contributed by atoms with Crippen LogP contribution in [0.1, 0.15) is 35.2 Å². The Morgan fingerprint density at radius 2 is 1.89 bits per heavy atom. The van der Waals surface area contributed by atoms with Crippen LogP contribution in [0.5, 0.6) is 0 Å². The van der Waals surface area contributed by atoms with Crippen LogP contribution in [0, 0.1) is 6.92 Å². The van der Waals surface area contributed by atoms with Crippen molar-refractivity contribution in [3.05, 3.63) is 53.0 Å². The molecule has 7 heteroatoms. The summed E-state index contributed by atoms with van der Waals surface area (Å²) in [5.41, 5.74) is 2.96. The molecule has 1 aromatic heterocycles. The number of benzene rings is 1. The highest BCUT2D eigenvalue weighted by Crippen LogP contribution is 2.30. The molecule has 2 aliphatic rings. The SMILES string of the molecule is Cc1ccc(C(F)(F)CN2CCC(Nc3ncnc4c3C=NC4)CC2)cc1. The lowest BCUT2D eigenvalue weighted by Crippen LogP contribution is -2.43. The Hall–Kier alpha value is -2.41. The molecule has 0 bridgehead atoms. The third-order valence-corrected chi connectivity index (χ3v) is 5.25. The number of aromatic nitrogens is 2. The Morgan fingerprint density at radius 1 is 1.15 bits per heavy atom. The standard InChI is InChI=1S/C20H23F2N5/c1-14-2-4-15(5-3-14)20(21,22)12-27-8-6-16(7-9-27)26-19-17-10-23-11-18(17)24-13-25-19/h2-5,10,13,16H,6-9,11-12H2,1H3,(H,24,25,26). The predicted octanol–water partition coefficient (Wildman–Crippen LogP) is 3.39. The van der Waals surface area contributed by atoms with Crippen LogP contribution >= 0.6 is 0 Å². The molecule has 1 fully saturated rings. The summed E-state index contributed by atoms with van der Waals surface area (Å²) in [4.78, 5) is 14.6.